The van der Waals surface area contributed by atoms with E-state index in [2.05, 4.69) is 12.2 Å². The molecule has 1 rings (SSSR count). The molecule has 0 fully saturated rings. The van der Waals surface area contributed by atoms with Crippen LogP contribution in [-0.2, 0) is 0 Å². The van der Waals surface area contributed by atoms with E-state index in [1.165, 1.54) is 24.2 Å². The minimum atomic E-state index is 0.0349. The van der Waals surface area contributed by atoms with Crippen LogP contribution in [0.3, 0.4) is 0 Å². The molecule has 0 spiro atoms. The van der Waals surface area contributed by atoms with Crippen molar-refractivity contribution in [3.05, 3.63) is 4.88 Å². The Balaban J connectivity index is 2.91. The molecule has 114 valence electrons. The van der Waals surface area contributed by atoms with Gasteiger partial charge >= 0.3 is 0 Å². The lowest BCUT2D eigenvalue weighted by Crippen LogP contribution is -2.09. The van der Waals surface area contributed by atoms with Crippen LogP contribution in [0.1, 0.15) is 63.0 Å². The van der Waals surface area contributed by atoms with Gasteiger partial charge in [-0.3, -0.25) is 4.79 Å². The van der Waals surface area contributed by atoms with E-state index < -0.39 is 0 Å². The number of ketones is 1. The summed E-state index contributed by atoms with van der Waals surface area (Å²) in [6.07, 6.45) is 3.97. The molecule has 0 saturated carbocycles. The van der Waals surface area contributed by atoms with Gasteiger partial charge in [-0.25, -0.2) is 0 Å². The second-order valence-corrected chi connectivity index (χ2v) is 6.10. The molecule has 5 heteroatoms. The van der Waals surface area contributed by atoms with Gasteiger partial charge in [-0.05, 0) is 20.3 Å². The Morgan fingerprint density at radius 3 is 2.60 bits per heavy atom. The number of unbranched alkanes of at least 4 members (excludes halogenated alkanes) is 2. The number of ether oxygens (including phenoxy) is 1. The third-order valence-corrected chi connectivity index (χ3v) is 4.08. The topological polar surface area (TPSA) is 64.4 Å². The number of nitrogen functional groups attached to an aromatic ring is 1. The van der Waals surface area contributed by atoms with Gasteiger partial charge in [-0.1, -0.05) is 26.7 Å². The summed E-state index contributed by atoms with van der Waals surface area (Å²) >= 11 is 1.41. The third kappa shape index (κ3) is 4.40. The van der Waals surface area contributed by atoms with Gasteiger partial charge in [0.2, 0.25) is 0 Å². The first-order valence-electron chi connectivity index (χ1n) is 7.37. The predicted molar refractivity (Wildman–Crippen MR) is 87.1 cm³/mol. The van der Waals surface area contributed by atoms with Crippen LogP contribution in [0.4, 0.5) is 10.7 Å². The highest BCUT2D eigenvalue weighted by atomic mass is 32.1. The van der Waals surface area contributed by atoms with Gasteiger partial charge in [0.05, 0.1) is 16.7 Å². The highest BCUT2D eigenvalue weighted by Crippen LogP contribution is 2.43. The Labute approximate surface area is 125 Å². The van der Waals surface area contributed by atoms with Crippen molar-refractivity contribution in [2.75, 3.05) is 17.6 Å². The van der Waals surface area contributed by atoms with Gasteiger partial charge in [-0.2, -0.15) is 0 Å². The molecule has 1 aromatic heterocycles. The van der Waals surface area contributed by atoms with Gasteiger partial charge in [-0.15, -0.1) is 11.3 Å². The van der Waals surface area contributed by atoms with Crippen LogP contribution in [0.15, 0.2) is 0 Å². The SMILES string of the molecule is CCCCCNc1sc(C(=O)CC)c(N)c1OC(C)C. The first kappa shape index (κ1) is 16.8. The van der Waals surface area contributed by atoms with E-state index in [1.807, 2.05) is 20.8 Å². The maximum absolute atomic E-state index is 11.9. The quantitative estimate of drug-likeness (QED) is 0.526. The number of anilines is 2. The molecular weight excluding hydrogens is 272 g/mol. The number of thiophene rings is 1. The molecule has 0 radical (unpaired) electrons. The fourth-order valence-corrected chi connectivity index (χ4v) is 2.93. The normalized spacial score (nSPS) is 10.8. The van der Waals surface area contributed by atoms with E-state index in [0.717, 1.165) is 18.0 Å². The molecule has 3 N–H and O–H groups in total. The number of carbonyl (C=O) groups excluding carboxylic acids is 1. The largest absolute Gasteiger partial charge is 0.486 e. The Kier molecular flexibility index (Phi) is 6.85. The molecule has 4 nitrogen and oxygen atoms in total. The first-order valence-corrected chi connectivity index (χ1v) is 8.18. The van der Waals surface area contributed by atoms with Crippen LogP contribution in [0.25, 0.3) is 0 Å². The van der Waals surface area contributed by atoms with Crippen LogP contribution >= 0.6 is 11.3 Å². The number of hydrogen-bond acceptors (Lipinski definition) is 5. The maximum atomic E-state index is 11.9. The highest BCUT2D eigenvalue weighted by Gasteiger charge is 2.21. The zero-order valence-electron chi connectivity index (χ0n) is 12.9. The van der Waals surface area contributed by atoms with Crippen molar-refractivity contribution < 1.29 is 9.53 Å². The molecular formula is C15H26N2O2S. The summed E-state index contributed by atoms with van der Waals surface area (Å²) in [5, 5.41) is 4.23. The zero-order chi connectivity index (χ0) is 15.1. The lowest BCUT2D eigenvalue weighted by Gasteiger charge is -2.12. The number of rotatable bonds is 9. The Morgan fingerprint density at radius 1 is 1.35 bits per heavy atom. The van der Waals surface area contributed by atoms with E-state index in [4.69, 9.17) is 10.5 Å². The van der Waals surface area contributed by atoms with Gasteiger partial charge in [0.15, 0.2) is 11.5 Å². The lowest BCUT2D eigenvalue weighted by atomic mass is 10.2. The van der Waals surface area contributed by atoms with E-state index in [-0.39, 0.29) is 11.9 Å². The van der Waals surface area contributed by atoms with Crippen LogP contribution in [-0.4, -0.2) is 18.4 Å². The Hall–Kier alpha value is -1.23. The summed E-state index contributed by atoms with van der Waals surface area (Å²) in [7, 11) is 0. The molecule has 0 aromatic carbocycles. The summed E-state index contributed by atoms with van der Waals surface area (Å²) in [6.45, 7) is 8.81. The van der Waals surface area contributed by atoms with Crippen LogP contribution < -0.4 is 15.8 Å². The van der Waals surface area contributed by atoms with Gasteiger partial charge < -0.3 is 15.8 Å². The monoisotopic (exact) mass is 298 g/mol. The van der Waals surface area contributed by atoms with E-state index in [1.54, 1.807) is 0 Å². The average Bonchev–Trinajstić information content (AvgIpc) is 2.71. The molecule has 20 heavy (non-hydrogen) atoms. The molecule has 0 amide bonds. The first-order chi connectivity index (χ1) is 9.51. The highest BCUT2D eigenvalue weighted by molar-refractivity contribution is 7.19. The van der Waals surface area contributed by atoms with Crippen molar-refractivity contribution in [1.29, 1.82) is 0 Å². The summed E-state index contributed by atoms with van der Waals surface area (Å²) in [4.78, 5) is 12.5. The predicted octanol–water partition coefficient (Wildman–Crippen LogP) is 4.31. The lowest BCUT2D eigenvalue weighted by molar-refractivity contribution is 0.0992. The second kappa shape index (κ2) is 8.15. The number of Topliss-reactive ketones (excluding diaryl/α,β-unsaturated/α-hetero) is 1. The standard InChI is InChI=1S/C15H26N2O2S/c1-5-7-8-9-17-15-13(19-10(3)4)12(16)14(20-15)11(18)6-2/h10,17H,5-9,16H2,1-4H3. The summed E-state index contributed by atoms with van der Waals surface area (Å²) in [5.41, 5.74) is 6.56. The van der Waals surface area contributed by atoms with Crippen LogP contribution in [0.5, 0.6) is 5.75 Å². The van der Waals surface area contributed by atoms with Crippen molar-refractivity contribution in [2.45, 2.75) is 59.5 Å². The second-order valence-electron chi connectivity index (χ2n) is 5.08. The number of carbonyl (C=O) groups is 1. The zero-order valence-corrected chi connectivity index (χ0v) is 13.7. The molecule has 0 bridgehead atoms. The Morgan fingerprint density at radius 2 is 2.05 bits per heavy atom. The van der Waals surface area contributed by atoms with Gasteiger partial charge in [0.25, 0.3) is 0 Å². The van der Waals surface area contributed by atoms with Crippen molar-refractivity contribution in [3.8, 4) is 5.75 Å². The van der Waals surface area contributed by atoms with Gasteiger partial charge in [0, 0.05) is 13.0 Å². The molecule has 0 aliphatic heterocycles. The van der Waals surface area contributed by atoms with E-state index in [0.29, 0.717) is 22.7 Å². The summed E-state index contributed by atoms with van der Waals surface area (Å²) in [6, 6.07) is 0. The minimum absolute atomic E-state index is 0.0349. The summed E-state index contributed by atoms with van der Waals surface area (Å²) < 4.78 is 5.78. The van der Waals surface area contributed by atoms with E-state index >= 15 is 0 Å². The molecule has 1 aromatic rings. The average molecular weight is 298 g/mol. The van der Waals surface area contributed by atoms with Gasteiger partial charge in [0.1, 0.15) is 5.00 Å². The van der Waals surface area contributed by atoms with Crippen molar-refractivity contribution in [1.82, 2.24) is 0 Å². The van der Waals surface area contributed by atoms with Crippen molar-refractivity contribution >= 4 is 27.8 Å². The molecule has 0 aliphatic rings. The van der Waals surface area contributed by atoms with Crippen LogP contribution in [0, 0.1) is 0 Å². The van der Waals surface area contributed by atoms with Crippen LogP contribution in [0.2, 0.25) is 0 Å². The number of nitrogens with two attached hydrogens (primary N) is 1. The summed E-state index contributed by atoms with van der Waals surface area (Å²) in [5.74, 6) is 0.709. The minimum Gasteiger partial charge on any atom is -0.486 e. The van der Waals surface area contributed by atoms with Crippen molar-refractivity contribution in [3.63, 3.8) is 0 Å². The Bertz CT molecular complexity index is 441. The molecule has 0 saturated heterocycles. The number of hydrogen-bond donors (Lipinski definition) is 2. The molecule has 0 aliphatic carbocycles. The molecule has 1 heterocycles. The third-order valence-electron chi connectivity index (χ3n) is 2.89. The smallest absolute Gasteiger partial charge is 0.177 e. The van der Waals surface area contributed by atoms with Crippen molar-refractivity contribution in [2.24, 2.45) is 0 Å². The van der Waals surface area contributed by atoms with E-state index in [9.17, 15) is 4.79 Å². The fourth-order valence-electron chi connectivity index (χ4n) is 1.84. The fraction of sp³-hybridized carbons (Fsp3) is 0.667. The molecule has 0 unspecified atom stereocenters. The number of nitrogens with one attached hydrogen (secondary N) is 1. The maximum Gasteiger partial charge on any atom is 0.177 e. The molecule has 0 atom stereocenters.